The van der Waals surface area contributed by atoms with E-state index in [0.717, 1.165) is 16.5 Å². The molecule has 2 aromatic carbocycles. The van der Waals surface area contributed by atoms with Crippen LogP contribution in [0, 0.1) is 18.8 Å². The van der Waals surface area contributed by atoms with E-state index in [1.807, 2.05) is 50.4 Å². The maximum atomic E-state index is 14.2. The Morgan fingerprint density at radius 2 is 1.83 bits per heavy atom. The Kier molecular flexibility index (Phi) is 6.68. The van der Waals surface area contributed by atoms with Crippen LogP contribution in [0.1, 0.15) is 45.8 Å². The van der Waals surface area contributed by atoms with Gasteiger partial charge in [0.15, 0.2) is 0 Å². The van der Waals surface area contributed by atoms with Crippen molar-refractivity contribution in [2.75, 3.05) is 5.73 Å². The van der Waals surface area contributed by atoms with Gasteiger partial charge in [-0.2, -0.15) is 5.10 Å². The highest BCUT2D eigenvalue weighted by atomic mass is 16.2. The first-order valence-electron chi connectivity index (χ1n) is 13.2. The number of hydrogen-bond acceptors (Lipinski definition) is 7. The molecular weight excluding hydrogens is 528 g/mol. The van der Waals surface area contributed by atoms with E-state index in [9.17, 15) is 9.59 Å². The van der Waals surface area contributed by atoms with Crippen molar-refractivity contribution in [3.63, 3.8) is 0 Å². The summed E-state index contributed by atoms with van der Waals surface area (Å²) in [4.78, 5) is 41.3. The minimum Gasteiger partial charge on any atom is -0.383 e. The molecule has 1 unspecified atom stereocenters. The van der Waals surface area contributed by atoms with Gasteiger partial charge in [-0.15, -0.1) is 0 Å². The van der Waals surface area contributed by atoms with Crippen molar-refractivity contribution in [2.45, 2.75) is 19.9 Å². The van der Waals surface area contributed by atoms with Gasteiger partial charge in [0.2, 0.25) is 0 Å². The third kappa shape index (κ3) is 4.73. The van der Waals surface area contributed by atoms with Gasteiger partial charge in [-0.25, -0.2) is 9.97 Å². The quantitative estimate of drug-likeness (QED) is 0.316. The van der Waals surface area contributed by atoms with Gasteiger partial charge >= 0.3 is 0 Å². The zero-order valence-electron chi connectivity index (χ0n) is 23.2. The van der Waals surface area contributed by atoms with Gasteiger partial charge in [-0.3, -0.25) is 23.8 Å². The van der Waals surface area contributed by atoms with Crippen molar-refractivity contribution in [2.24, 2.45) is 7.05 Å². The first kappa shape index (κ1) is 26.4. The topological polar surface area (TPSA) is 134 Å². The molecule has 42 heavy (non-hydrogen) atoms. The number of hydrogen-bond donors (Lipinski definition) is 2. The number of nitrogens with one attached hydrogen (secondary N) is 1. The maximum Gasteiger partial charge on any atom is 0.267 e. The van der Waals surface area contributed by atoms with E-state index in [-0.39, 0.29) is 16.9 Å². The van der Waals surface area contributed by atoms with Crippen LogP contribution in [0.4, 0.5) is 5.82 Å². The highest BCUT2D eigenvalue weighted by molar-refractivity contribution is 6.09. The summed E-state index contributed by atoms with van der Waals surface area (Å²) in [6, 6.07) is 15.7. The molecule has 0 radical (unpaired) electrons. The number of aromatic nitrogens is 6. The monoisotopic (exact) mass is 554 g/mol. The molecule has 0 aliphatic heterocycles. The number of fused-ring (bicyclic) bond motifs is 2. The molecule has 1 amide bonds. The van der Waals surface area contributed by atoms with Gasteiger partial charge in [0, 0.05) is 36.6 Å². The van der Waals surface area contributed by atoms with E-state index in [1.54, 1.807) is 54.6 Å². The molecule has 0 spiro atoms. The molecule has 6 aromatic rings. The van der Waals surface area contributed by atoms with Crippen molar-refractivity contribution < 1.29 is 4.79 Å². The van der Waals surface area contributed by atoms with E-state index in [1.165, 1.54) is 4.57 Å². The fourth-order valence-corrected chi connectivity index (χ4v) is 4.90. The predicted molar refractivity (Wildman–Crippen MR) is 161 cm³/mol. The average Bonchev–Trinajstić information content (AvgIpc) is 3.41. The molecule has 0 saturated carbocycles. The lowest BCUT2D eigenvalue weighted by Gasteiger charge is -2.20. The number of carbonyl (C=O) groups is 1. The van der Waals surface area contributed by atoms with E-state index in [2.05, 4.69) is 32.2 Å². The number of rotatable bonds is 4. The Morgan fingerprint density at radius 3 is 2.60 bits per heavy atom. The summed E-state index contributed by atoms with van der Waals surface area (Å²) in [7, 11) is 1.82. The second-order valence-electron chi connectivity index (χ2n) is 9.90. The van der Waals surface area contributed by atoms with E-state index in [0.29, 0.717) is 33.5 Å². The van der Waals surface area contributed by atoms with E-state index < -0.39 is 11.9 Å². The number of benzene rings is 2. The third-order valence-corrected chi connectivity index (χ3v) is 6.98. The Morgan fingerprint density at radius 1 is 1.02 bits per heavy atom. The van der Waals surface area contributed by atoms with Crippen molar-refractivity contribution in [3.05, 3.63) is 118 Å². The molecule has 4 aromatic heterocycles. The number of nitrogens with zero attached hydrogens (tertiary/aromatic N) is 6. The van der Waals surface area contributed by atoms with Gasteiger partial charge in [0.05, 0.1) is 39.9 Å². The van der Waals surface area contributed by atoms with Gasteiger partial charge in [-0.05, 0) is 49.7 Å². The normalized spacial score (nSPS) is 11.7. The molecule has 0 saturated heterocycles. The first-order chi connectivity index (χ1) is 20.3. The predicted octanol–water partition coefficient (Wildman–Crippen LogP) is 3.84. The average molecular weight is 555 g/mol. The third-order valence-electron chi connectivity index (χ3n) is 6.98. The van der Waals surface area contributed by atoms with Crippen LogP contribution >= 0.6 is 0 Å². The Labute approximate surface area is 240 Å². The first-order valence-corrected chi connectivity index (χ1v) is 13.2. The number of nitrogen functional groups attached to an aromatic ring is 1. The molecule has 0 aliphatic carbocycles. The lowest BCUT2D eigenvalue weighted by molar-refractivity contribution is 0.0940. The van der Waals surface area contributed by atoms with Crippen LogP contribution in [0.3, 0.4) is 0 Å². The van der Waals surface area contributed by atoms with Crippen molar-refractivity contribution >= 4 is 33.5 Å². The van der Waals surface area contributed by atoms with Crippen LogP contribution in [0.2, 0.25) is 0 Å². The Bertz CT molecular complexity index is 2120. The lowest BCUT2D eigenvalue weighted by Crippen LogP contribution is -2.34. The zero-order chi connectivity index (χ0) is 29.4. The minimum atomic E-state index is -0.695. The van der Waals surface area contributed by atoms with Crippen LogP contribution in [0.5, 0.6) is 0 Å². The number of carbonyl (C=O) groups excluding carboxylic acids is 1. The number of para-hydroxylation sites is 1. The van der Waals surface area contributed by atoms with Crippen LogP contribution < -0.4 is 16.6 Å². The van der Waals surface area contributed by atoms with Gasteiger partial charge in [0.25, 0.3) is 11.5 Å². The van der Waals surface area contributed by atoms with Crippen LogP contribution in [0.15, 0.2) is 84.2 Å². The number of anilines is 1. The SMILES string of the molecule is Cc1ccnc2c(C(=O)NC(C)c3nc4cccc(C#Cc5cnn(C)c5)c4c(=O)n3-c3ccccc3)c(N)ncc12. The number of nitrogens with two attached hydrogens (primary N) is 1. The standard InChI is InChI=1S/C32H26N8O2/c1-19-14-15-34-28-24(19)17-35-29(33)27(28)31(41)37-20(2)30-38-25-11-7-8-22(13-12-21-16-36-39(3)18-21)26(25)32(42)40(30)23-9-5-4-6-10-23/h4-11,14-18,20H,1-3H3,(H2,33,35)(H,37,41). The van der Waals surface area contributed by atoms with Crippen LogP contribution in [-0.4, -0.2) is 35.2 Å². The highest BCUT2D eigenvalue weighted by Crippen LogP contribution is 2.25. The minimum absolute atomic E-state index is 0.0639. The van der Waals surface area contributed by atoms with Crippen LogP contribution in [-0.2, 0) is 7.05 Å². The molecule has 1 atom stereocenters. The second kappa shape index (κ2) is 10.6. The van der Waals surface area contributed by atoms with Crippen molar-refractivity contribution in [1.82, 2.24) is 34.6 Å². The molecule has 0 bridgehead atoms. The molecule has 0 fully saturated rings. The van der Waals surface area contributed by atoms with Gasteiger partial charge < -0.3 is 11.1 Å². The maximum absolute atomic E-state index is 14.2. The molecular formula is C32H26N8O2. The zero-order valence-corrected chi connectivity index (χ0v) is 23.2. The van der Waals surface area contributed by atoms with E-state index in [4.69, 9.17) is 10.7 Å². The highest BCUT2D eigenvalue weighted by Gasteiger charge is 2.24. The molecule has 10 heteroatoms. The number of amides is 1. The fraction of sp³-hybridized carbons (Fsp3) is 0.125. The smallest absolute Gasteiger partial charge is 0.267 e. The molecule has 3 N–H and O–H groups in total. The van der Waals surface area contributed by atoms with Gasteiger partial charge in [0.1, 0.15) is 17.2 Å². The Balaban J connectivity index is 1.48. The molecule has 206 valence electrons. The van der Waals surface area contributed by atoms with Crippen LogP contribution in [0.25, 0.3) is 27.5 Å². The summed E-state index contributed by atoms with van der Waals surface area (Å²) in [6.07, 6.45) is 6.70. The number of pyridine rings is 2. The van der Waals surface area contributed by atoms with Crippen molar-refractivity contribution in [1.29, 1.82) is 0 Å². The summed E-state index contributed by atoms with van der Waals surface area (Å²) in [5.41, 5.74) is 9.74. The summed E-state index contributed by atoms with van der Waals surface area (Å²) in [5.74, 6) is 6.13. The lowest BCUT2D eigenvalue weighted by atomic mass is 10.1. The second-order valence-corrected chi connectivity index (χ2v) is 9.90. The summed E-state index contributed by atoms with van der Waals surface area (Å²) in [6.45, 7) is 3.68. The molecule has 6 rings (SSSR count). The fourth-order valence-electron chi connectivity index (χ4n) is 4.90. The van der Waals surface area contributed by atoms with Crippen molar-refractivity contribution in [3.8, 4) is 17.5 Å². The van der Waals surface area contributed by atoms with Gasteiger partial charge in [-0.1, -0.05) is 36.1 Å². The molecule has 4 heterocycles. The summed E-state index contributed by atoms with van der Waals surface area (Å²) < 4.78 is 3.17. The largest absolute Gasteiger partial charge is 0.383 e. The number of aryl methyl sites for hydroxylation is 2. The molecule has 0 aliphatic rings. The van der Waals surface area contributed by atoms with E-state index >= 15 is 0 Å². The summed E-state index contributed by atoms with van der Waals surface area (Å²) in [5, 5.41) is 8.23. The summed E-state index contributed by atoms with van der Waals surface area (Å²) >= 11 is 0. The Hall–Kier alpha value is -5.82. The molecule has 10 nitrogen and oxygen atoms in total.